The van der Waals surface area contributed by atoms with Crippen LogP contribution >= 0.6 is 11.3 Å². The van der Waals surface area contributed by atoms with E-state index in [0.717, 1.165) is 28.2 Å². The van der Waals surface area contributed by atoms with E-state index in [-0.39, 0.29) is 23.9 Å². The van der Waals surface area contributed by atoms with E-state index in [9.17, 15) is 14.7 Å². The van der Waals surface area contributed by atoms with Crippen molar-refractivity contribution in [3.05, 3.63) is 87.9 Å². The Bertz CT molecular complexity index is 1250. The number of aryl methyl sites for hydroxylation is 1. The fraction of sp³-hybridized carbons (Fsp3) is 0.469. The molecule has 0 radical (unpaired) electrons. The predicted octanol–water partition coefficient (Wildman–Crippen LogP) is 4.15. The number of hydrogen-bond donors (Lipinski definition) is 3. The molecule has 1 aliphatic rings. The van der Waals surface area contributed by atoms with E-state index in [1.165, 1.54) is 0 Å². The molecule has 0 aliphatic carbocycles. The molecule has 3 aromatic rings. The van der Waals surface area contributed by atoms with Crippen LogP contribution in [0.3, 0.4) is 0 Å². The molecule has 0 saturated carbocycles. The maximum absolute atomic E-state index is 13.9. The van der Waals surface area contributed by atoms with E-state index < -0.39 is 18.2 Å². The van der Waals surface area contributed by atoms with Crippen LogP contribution in [0.15, 0.2) is 66.0 Å². The first-order valence-electron chi connectivity index (χ1n) is 14.5. The van der Waals surface area contributed by atoms with Gasteiger partial charge in [0.2, 0.25) is 5.91 Å². The molecule has 2 heterocycles. The highest BCUT2D eigenvalue weighted by atomic mass is 32.1. The molecule has 1 aliphatic heterocycles. The summed E-state index contributed by atoms with van der Waals surface area (Å²) in [6, 6.07) is 18.2. The predicted molar refractivity (Wildman–Crippen MR) is 163 cm³/mol. The van der Waals surface area contributed by atoms with Crippen molar-refractivity contribution in [3.8, 4) is 0 Å². The molecule has 1 saturated heterocycles. The largest absolute Gasteiger partial charge is 0.391 e. The number of benzene rings is 2. The smallest absolute Gasteiger partial charge is 0.321 e. The lowest BCUT2D eigenvalue weighted by Crippen LogP contribution is -2.55. The summed E-state index contributed by atoms with van der Waals surface area (Å²) in [5.41, 5.74) is 9.41. The third kappa shape index (κ3) is 8.38. The zero-order valence-electron chi connectivity index (χ0n) is 24.3. The van der Waals surface area contributed by atoms with Gasteiger partial charge in [0, 0.05) is 30.6 Å². The van der Waals surface area contributed by atoms with Crippen LogP contribution in [0.4, 0.5) is 4.79 Å². The zero-order valence-corrected chi connectivity index (χ0v) is 25.1. The summed E-state index contributed by atoms with van der Waals surface area (Å²) in [7, 11) is 0. The van der Waals surface area contributed by atoms with Gasteiger partial charge >= 0.3 is 6.03 Å². The molecule has 41 heavy (non-hydrogen) atoms. The van der Waals surface area contributed by atoms with E-state index in [2.05, 4.69) is 10.3 Å². The highest BCUT2D eigenvalue weighted by Crippen LogP contribution is 2.23. The van der Waals surface area contributed by atoms with Gasteiger partial charge in [0.25, 0.3) is 0 Å². The van der Waals surface area contributed by atoms with Gasteiger partial charge in [0.05, 0.1) is 23.4 Å². The van der Waals surface area contributed by atoms with E-state index in [1.54, 1.807) is 21.1 Å². The monoisotopic (exact) mass is 577 g/mol. The normalized spacial score (nSPS) is 17.2. The molecule has 8 nitrogen and oxygen atoms in total. The van der Waals surface area contributed by atoms with Crippen molar-refractivity contribution in [3.63, 3.8) is 0 Å². The number of nitrogens with zero attached hydrogens (tertiary/aromatic N) is 3. The summed E-state index contributed by atoms with van der Waals surface area (Å²) in [6.45, 7) is 7.48. The number of aliphatic hydroxyl groups excluding tert-OH is 1. The van der Waals surface area contributed by atoms with Crippen LogP contribution in [0.5, 0.6) is 0 Å². The summed E-state index contributed by atoms with van der Waals surface area (Å²) in [5, 5.41) is 17.3. The van der Waals surface area contributed by atoms with E-state index in [4.69, 9.17) is 5.73 Å². The molecule has 220 valence electrons. The maximum Gasteiger partial charge on any atom is 0.321 e. The van der Waals surface area contributed by atoms with Crippen LogP contribution in [0.25, 0.3) is 0 Å². The fourth-order valence-electron chi connectivity index (χ4n) is 5.48. The summed E-state index contributed by atoms with van der Waals surface area (Å²) in [6.07, 6.45) is 1.35. The van der Waals surface area contributed by atoms with Crippen molar-refractivity contribution in [2.75, 3.05) is 13.1 Å². The van der Waals surface area contributed by atoms with Crippen molar-refractivity contribution < 1.29 is 14.7 Å². The third-order valence-corrected chi connectivity index (χ3v) is 8.76. The van der Waals surface area contributed by atoms with Gasteiger partial charge in [-0.25, -0.2) is 9.78 Å². The number of nitrogens with one attached hydrogen (secondary N) is 1. The molecule has 2 aromatic carbocycles. The van der Waals surface area contributed by atoms with E-state index in [1.807, 2.05) is 86.8 Å². The second-order valence-corrected chi connectivity index (χ2v) is 12.2. The van der Waals surface area contributed by atoms with Crippen LogP contribution in [0.1, 0.15) is 48.5 Å². The molecule has 1 aromatic heterocycles. The second-order valence-electron chi connectivity index (χ2n) is 11.1. The Balaban J connectivity index is 1.47. The minimum Gasteiger partial charge on any atom is -0.391 e. The Morgan fingerprint density at radius 1 is 1.07 bits per heavy atom. The Kier molecular flexibility index (Phi) is 10.9. The van der Waals surface area contributed by atoms with Gasteiger partial charge in [-0.05, 0) is 43.2 Å². The first-order chi connectivity index (χ1) is 19.7. The van der Waals surface area contributed by atoms with Gasteiger partial charge in [-0.1, -0.05) is 80.9 Å². The number of carbonyl (C=O) groups excluding carboxylic acids is 2. The number of aliphatic hydroxyl groups is 1. The molecule has 0 bridgehead atoms. The summed E-state index contributed by atoms with van der Waals surface area (Å²) in [5.74, 6) is -0.230. The average Bonchev–Trinajstić information content (AvgIpc) is 3.54. The molecular formula is C32H43N5O3S. The highest BCUT2D eigenvalue weighted by Gasteiger charge is 2.40. The fourth-order valence-corrected chi connectivity index (χ4v) is 6.08. The summed E-state index contributed by atoms with van der Waals surface area (Å²) >= 11 is 1.57. The lowest BCUT2D eigenvalue weighted by molar-refractivity contribution is -0.127. The van der Waals surface area contributed by atoms with Gasteiger partial charge in [-0.2, -0.15) is 0 Å². The average molecular weight is 578 g/mol. The lowest BCUT2D eigenvalue weighted by Gasteiger charge is -2.33. The first-order valence-corrected chi connectivity index (χ1v) is 15.4. The number of aromatic nitrogens is 1. The molecule has 3 amide bonds. The van der Waals surface area contributed by atoms with Crippen molar-refractivity contribution >= 4 is 23.3 Å². The number of hydrogen-bond acceptors (Lipinski definition) is 6. The van der Waals surface area contributed by atoms with Crippen molar-refractivity contribution in [1.29, 1.82) is 0 Å². The number of thiazole rings is 1. The second kappa shape index (κ2) is 14.6. The van der Waals surface area contributed by atoms with Crippen molar-refractivity contribution in [2.24, 2.45) is 11.7 Å². The minimum atomic E-state index is -0.809. The number of nitrogens with two attached hydrogens (primary N) is 1. The van der Waals surface area contributed by atoms with Crippen LogP contribution in [-0.2, 0) is 24.2 Å². The topological polar surface area (TPSA) is 112 Å². The number of amides is 3. The molecule has 0 spiro atoms. The number of rotatable bonds is 14. The number of carbonyl (C=O) groups is 2. The first kappa shape index (κ1) is 30.7. The zero-order chi connectivity index (χ0) is 29.4. The molecule has 4 rings (SSSR count). The Hall–Kier alpha value is -3.27. The van der Waals surface area contributed by atoms with E-state index >= 15 is 0 Å². The quantitative estimate of drug-likeness (QED) is 0.267. The molecular weight excluding hydrogens is 534 g/mol. The summed E-state index contributed by atoms with van der Waals surface area (Å²) in [4.78, 5) is 35.4. The standard InChI is InChI=1S/C32H43N5O3S/c1-4-22(2)30(37-16-15-36(32(37)40)20-27-21-41-23(3)34-27)31(39)35-26(17-24-11-7-5-8-12-24)19-29(38)28(33)18-25-13-9-6-10-14-25/h5-14,21-22,26,28-30,38H,4,15-20,33H2,1-3H3,(H,35,39)/t22-,26-,28-,29-,30-/m0/s1. The van der Waals surface area contributed by atoms with Crippen molar-refractivity contribution in [2.45, 2.75) is 77.2 Å². The molecule has 5 atom stereocenters. The maximum atomic E-state index is 13.9. The number of urea groups is 1. The van der Waals surface area contributed by atoms with Gasteiger partial charge in [0.1, 0.15) is 6.04 Å². The molecule has 0 unspecified atom stereocenters. The lowest BCUT2D eigenvalue weighted by atomic mass is 9.92. The Morgan fingerprint density at radius 3 is 2.29 bits per heavy atom. The summed E-state index contributed by atoms with van der Waals surface area (Å²) < 4.78 is 0. The SMILES string of the molecule is CC[C@H](C)[C@@H](C(=O)N[C@@H](Cc1ccccc1)C[C@H](O)[C@@H](N)Cc1ccccc1)N1CCN(Cc2csc(C)n2)C1=O. The highest BCUT2D eigenvalue weighted by molar-refractivity contribution is 7.09. The third-order valence-electron chi connectivity index (χ3n) is 7.94. The van der Waals surface area contributed by atoms with Gasteiger partial charge in [-0.15, -0.1) is 11.3 Å². The van der Waals surface area contributed by atoms with Gasteiger partial charge in [0.15, 0.2) is 0 Å². The Labute approximate surface area is 247 Å². The minimum absolute atomic E-state index is 0.0388. The molecule has 1 fully saturated rings. The van der Waals surface area contributed by atoms with Crippen LogP contribution < -0.4 is 11.1 Å². The van der Waals surface area contributed by atoms with Crippen molar-refractivity contribution in [1.82, 2.24) is 20.1 Å². The van der Waals surface area contributed by atoms with Gasteiger partial charge in [-0.3, -0.25) is 4.79 Å². The van der Waals surface area contributed by atoms with Crippen LogP contribution in [0.2, 0.25) is 0 Å². The molecule has 4 N–H and O–H groups in total. The van der Waals surface area contributed by atoms with E-state index in [0.29, 0.717) is 38.9 Å². The van der Waals surface area contributed by atoms with Crippen LogP contribution in [0, 0.1) is 12.8 Å². The van der Waals surface area contributed by atoms with Crippen LogP contribution in [-0.4, -0.2) is 69.1 Å². The molecule has 9 heteroatoms. The Morgan fingerprint density at radius 2 is 1.71 bits per heavy atom. The van der Waals surface area contributed by atoms with Gasteiger partial charge < -0.3 is 26.0 Å².